The number of hydrogen-bond acceptors (Lipinski definition) is 5. The predicted octanol–water partition coefficient (Wildman–Crippen LogP) is 3.21. The average molecular weight is 420 g/mol. The third-order valence-electron chi connectivity index (χ3n) is 2.19. The number of nitrogens with one attached hydrogen (secondary N) is 2. The molecule has 0 aliphatic heterocycles. The molecule has 1 aromatic carbocycles. The van der Waals surface area contributed by atoms with Crippen molar-refractivity contribution in [3.8, 4) is 0 Å². The second-order valence-electron chi connectivity index (χ2n) is 3.50. The highest BCUT2D eigenvalue weighted by Crippen LogP contribution is 2.25. The van der Waals surface area contributed by atoms with Crippen LogP contribution in [0.2, 0.25) is 0 Å². The molecule has 5 nitrogen and oxygen atoms in total. The Morgan fingerprint density at radius 2 is 1.94 bits per heavy atom. The van der Waals surface area contributed by atoms with E-state index in [0.717, 1.165) is 13.7 Å². The van der Waals surface area contributed by atoms with Crippen LogP contribution in [0.15, 0.2) is 28.7 Å². The van der Waals surface area contributed by atoms with E-state index in [0.29, 0.717) is 11.6 Å². The van der Waals surface area contributed by atoms with Crippen LogP contribution < -0.4 is 16.4 Å². The molecule has 0 radical (unpaired) electrons. The van der Waals surface area contributed by atoms with Crippen LogP contribution in [-0.4, -0.2) is 17.0 Å². The van der Waals surface area contributed by atoms with E-state index in [-0.39, 0.29) is 5.95 Å². The van der Waals surface area contributed by atoms with Gasteiger partial charge in [-0.3, -0.25) is 0 Å². The van der Waals surface area contributed by atoms with Crippen molar-refractivity contribution in [2.24, 2.45) is 0 Å². The lowest BCUT2D eigenvalue weighted by Gasteiger charge is -2.09. The molecule has 4 N–H and O–H groups in total. The Kier molecular flexibility index (Phi) is 4.23. The van der Waals surface area contributed by atoms with Crippen LogP contribution in [0.4, 0.5) is 23.3 Å². The van der Waals surface area contributed by atoms with Crippen molar-refractivity contribution < 1.29 is 0 Å². The SMILES string of the molecule is CNc1cc(Nc2ccc(Br)c(I)c2)nc(N)n1. The van der Waals surface area contributed by atoms with Gasteiger partial charge in [0.2, 0.25) is 5.95 Å². The summed E-state index contributed by atoms with van der Waals surface area (Å²) in [6, 6.07) is 7.75. The number of nitrogen functional groups attached to an aromatic ring is 1. The molecule has 1 heterocycles. The summed E-state index contributed by atoms with van der Waals surface area (Å²) < 4.78 is 2.18. The predicted molar refractivity (Wildman–Crippen MR) is 86.1 cm³/mol. The normalized spacial score (nSPS) is 10.2. The van der Waals surface area contributed by atoms with Gasteiger partial charge in [0.1, 0.15) is 11.6 Å². The molecule has 0 unspecified atom stereocenters. The Morgan fingerprint density at radius 3 is 2.61 bits per heavy atom. The summed E-state index contributed by atoms with van der Waals surface area (Å²) in [6.07, 6.45) is 0. The molecule has 1 aromatic heterocycles. The van der Waals surface area contributed by atoms with E-state index < -0.39 is 0 Å². The molecule has 0 bridgehead atoms. The fraction of sp³-hybridized carbons (Fsp3) is 0.0909. The van der Waals surface area contributed by atoms with E-state index in [1.54, 1.807) is 13.1 Å². The zero-order valence-electron chi connectivity index (χ0n) is 9.54. The fourth-order valence-corrected chi connectivity index (χ4v) is 2.14. The summed E-state index contributed by atoms with van der Waals surface area (Å²) >= 11 is 5.72. The topological polar surface area (TPSA) is 75.9 Å². The molecule has 0 saturated carbocycles. The van der Waals surface area contributed by atoms with Crippen LogP contribution in [0.1, 0.15) is 0 Å². The lowest BCUT2D eigenvalue weighted by molar-refractivity contribution is 1.17. The van der Waals surface area contributed by atoms with Crippen molar-refractivity contribution in [2.75, 3.05) is 23.4 Å². The quantitative estimate of drug-likeness (QED) is 0.666. The number of benzene rings is 1. The highest BCUT2D eigenvalue weighted by molar-refractivity contribution is 14.1. The molecule has 94 valence electrons. The number of rotatable bonds is 3. The standard InChI is InChI=1S/C11H11BrIN5/c1-15-9-5-10(18-11(14)17-9)16-6-2-3-7(12)8(13)4-6/h2-5H,1H3,(H4,14,15,16,17,18). The molecule has 0 atom stereocenters. The fourth-order valence-electron chi connectivity index (χ4n) is 1.38. The van der Waals surface area contributed by atoms with Crippen LogP contribution in [-0.2, 0) is 0 Å². The van der Waals surface area contributed by atoms with Gasteiger partial charge >= 0.3 is 0 Å². The highest BCUT2D eigenvalue weighted by atomic mass is 127. The van der Waals surface area contributed by atoms with Crippen molar-refractivity contribution in [1.82, 2.24) is 9.97 Å². The molecule has 0 amide bonds. The number of hydrogen-bond donors (Lipinski definition) is 3. The van der Waals surface area contributed by atoms with E-state index in [2.05, 4.69) is 59.1 Å². The second kappa shape index (κ2) is 5.70. The second-order valence-corrected chi connectivity index (χ2v) is 5.52. The van der Waals surface area contributed by atoms with E-state index in [4.69, 9.17) is 5.73 Å². The molecular formula is C11H11BrIN5. The van der Waals surface area contributed by atoms with Gasteiger partial charge in [0.15, 0.2) is 0 Å². The van der Waals surface area contributed by atoms with E-state index in [1.165, 1.54) is 0 Å². The molecule has 0 fully saturated rings. The number of nitrogens with zero attached hydrogens (tertiary/aromatic N) is 2. The third-order valence-corrected chi connectivity index (χ3v) is 4.52. The van der Waals surface area contributed by atoms with Crippen molar-refractivity contribution in [3.63, 3.8) is 0 Å². The summed E-state index contributed by atoms with van der Waals surface area (Å²) in [6.45, 7) is 0. The first-order valence-electron chi connectivity index (χ1n) is 5.13. The lowest BCUT2D eigenvalue weighted by atomic mass is 10.3. The zero-order valence-corrected chi connectivity index (χ0v) is 13.3. The molecule has 2 rings (SSSR count). The zero-order chi connectivity index (χ0) is 13.1. The van der Waals surface area contributed by atoms with Gasteiger partial charge in [-0.25, -0.2) is 0 Å². The van der Waals surface area contributed by atoms with Gasteiger partial charge in [-0.15, -0.1) is 0 Å². The molecule has 2 aromatic rings. The third kappa shape index (κ3) is 3.22. The highest BCUT2D eigenvalue weighted by Gasteiger charge is 2.03. The Labute approximate surface area is 127 Å². The van der Waals surface area contributed by atoms with Gasteiger partial charge in [-0.1, -0.05) is 0 Å². The average Bonchev–Trinajstić information content (AvgIpc) is 2.33. The van der Waals surface area contributed by atoms with Crippen LogP contribution in [0.5, 0.6) is 0 Å². The molecule has 18 heavy (non-hydrogen) atoms. The van der Waals surface area contributed by atoms with Gasteiger partial charge in [-0.05, 0) is 56.7 Å². The van der Waals surface area contributed by atoms with Gasteiger partial charge in [-0.2, -0.15) is 9.97 Å². The lowest BCUT2D eigenvalue weighted by Crippen LogP contribution is -2.03. The Bertz CT molecular complexity index is 575. The molecule has 0 spiro atoms. The Balaban J connectivity index is 2.27. The van der Waals surface area contributed by atoms with Gasteiger partial charge in [0.25, 0.3) is 0 Å². The molecule has 7 heteroatoms. The largest absolute Gasteiger partial charge is 0.373 e. The first-order chi connectivity index (χ1) is 8.58. The van der Waals surface area contributed by atoms with Gasteiger partial charge in [0, 0.05) is 26.8 Å². The van der Waals surface area contributed by atoms with Crippen molar-refractivity contribution in [3.05, 3.63) is 32.3 Å². The maximum atomic E-state index is 5.63. The summed E-state index contributed by atoms with van der Waals surface area (Å²) in [4.78, 5) is 8.16. The van der Waals surface area contributed by atoms with Crippen LogP contribution >= 0.6 is 38.5 Å². The van der Waals surface area contributed by atoms with Crippen LogP contribution in [0, 0.1) is 3.57 Å². The minimum Gasteiger partial charge on any atom is -0.373 e. The van der Waals surface area contributed by atoms with E-state index >= 15 is 0 Å². The molecular weight excluding hydrogens is 409 g/mol. The molecule has 0 aliphatic carbocycles. The number of halogens is 2. The van der Waals surface area contributed by atoms with E-state index in [1.807, 2.05) is 18.2 Å². The number of nitrogens with two attached hydrogens (primary N) is 1. The maximum absolute atomic E-state index is 5.63. The summed E-state index contributed by atoms with van der Waals surface area (Å²) in [5.41, 5.74) is 6.58. The summed E-state index contributed by atoms with van der Waals surface area (Å²) in [5.74, 6) is 1.57. The summed E-state index contributed by atoms with van der Waals surface area (Å²) in [5, 5.41) is 6.13. The van der Waals surface area contributed by atoms with Crippen molar-refractivity contribution in [1.29, 1.82) is 0 Å². The Morgan fingerprint density at radius 1 is 1.22 bits per heavy atom. The van der Waals surface area contributed by atoms with Crippen molar-refractivity contribution >= 4 is 61.8 Å². The molecule has 0 saturated heterocycles. The van der Waals surface area contributed by atoms with Crippen LogP contribution in [0.3, 0.4) is 0 Å². The van der Waals surface area contributed by atoms with Gasteiger partial charge < -0.3 is 16.4 Å². The first-order valence-corrected chi connectivity index (χ1v) is 7.00. The smallest absolute Gasteiger partial charge is 0.223 e. The van der Waals surface area contributed by atoms with Crippen molar-refractivity contribution in [2.45, 2.75) is 0 Å². The minimum absolute atomic E-state index is 0.233. The summed E-state index contributed by atoms with van der Waals surface area (Å²) in [7, 11) is 1.79. The van der Waals surface area contributed by atoms with Gasteiger partial charge in [0.05, 0.1) is 0 Å². The van der Waals surface area contributed by atoms with E-state index in [9.17, 15) is 0 Å². The van der Waals surface area contributed by atoms with Crippen LogP contribution in [0.25, 0.3) is 0 Å². The number of aromatic nitrogens is 2. The monoisotopic (exact) mass is 419 g/mol. The maximum Gasteiger partial charge on any atom is 0.223 e. The number of anilines is 4. The minimum atomic E-state index is 0.233. The first kappa shape index (κ1) is 13.3. The molecule has 0 aliphatic rings. The Hall–Kier alpha value is -1.09.